The Kier molecular flexibility index (Phi) is 17.9. The van der Waals surface area contributed by atoms with Crippen molar-refractivity contribution >= 4 is 0 Å². The maximum atomic E-state index is 3.52. The molecule has 5 saturated heterocycles. The second-order valence-corrected chi connectivity index (χ2v) is 10.5. The minimum Gasteiger partial charge on any atom is -0.316 e. The summed E-state index contributed by atoms with van der Waals surface area (Å²) in [6, 6.07) is 0. The maximum absolute atomic E-state index is 3.52. The summed E-state index contributed by atoms with van der Waals surface area (Å²) < 4.78 is 0. The Morgan fingerprint density at radius 2 is 1.06 bits per heavy atom. The van der Waals surface area contributed by atoms with E-state index in [2.05, 4.69) is 15.5 Å². The standard InChI is InChI=1S/C9H17N.C8H15N.C7H13N.3C2H6/c1-2-5-9(4-1)6-3-7-10-8-9;1-2-4-8-6-9-5-7(8)3-1;1-4-8-5-2-7(1)3-6-8;3*1-2/h10H,1-8H2;7-9H,1-6H2;7H,1-6H2;3*1-2H3. The zero-order valence-electron chi connectivity index (χ0n) is 23.8. The average Bonchev–Trinajstić information content (AvgIpc) is 3.60. The Labute approximate surface area is 209 Å². The quantitative estimate of drug-likeness (QED) is 0.387. The number of rotatable bonds is 0. The molecule has 2 atom stereocenters. The fourth-order valence-electron chi connectivity index (χ4n) is 6.72. The lowest BCUT2D eigenvalue weighted by atomic mass is 9.79. The minimum absolute atomic E-state index is 0.762. The van der Waals surface area contributed by atoms with E-state index in [1.54, 1.807) is 0 Å². The summed E-state index contributed by atoms with van der Waals surface area (Å²) in [6.45, 7) is 21.4. The Hall–Kier alpha value is -0.120. The summed E-state index contributed by atoms with van der Waals surface area (Å²) in [5.41, 5.74) is 0.762. The minimum atomic E-state index is 0.762. The molecular formula is C30H63N3. The second kappa shape index (κ2) is 19.1. The summed E-state index contributed by atoms with van der Waals surface area (Å²) in [4.78, 5) is 2.58. The van der Waals surface area contributed by atoms with E-state index in [1.165, 1.54) is 129 Å². The van der Waals surface area contributed by atoms with Crippen LogP contribution in [-0.4, -0.2) is 50.7 Å². The van der Waals surface area contributed by atoms with Crippen LogP contribution in [0.5, 0.6) is 0 Å². The lowest BCUT2D eigenvalue weighted by Crippen LogP contribution is -2.41. The van der Waals surface area contributed by atoms with Crippen LogP contribution in [0, 0.1) is 23.2 Å². The highest BCUT2D eigenvalue weighted by Crippen LogP contribution is 2.42. The molecule has 5 heterocycles. The topological polar surface area (TPSA) is 27.3 Å². The first-order valence-electron chi connectivity index (χ1n) is 15.5. The molecule has 7 rings (SSSR count). The lowest BCUT2D eigenvalue weighted by Gasteiger charge is -2.38. The molecule has 7 fully saturated rings. The monoisotopic (exact) mass is 466 g/mol. The van der Waals surface area contributed by atoms with Crippen LogP contribution < -0.4 is 10.6 Å². The predicted molar refractivity (Wildman–Crippen MR) is 149 cm³/mol. The van der Waals surface area contributed by atoms with Crippen molar-refractivity contribution in [1.29, 1.82) is 0 Å². The van der Waals surface area contributed by atoms with Gasteiger partial charge in [-0.1, -0.05) is 67.2 Å². The van der Waals surface area contributed by atoms with E-state index in [-0.39, 0.29) is 0 Å². The summed E-state index contributed by atoms with van der Waals surface area (Å²) in [5.74, 6) is 3.22. The molecule has 2 N–H and O–H groups in total. The molecule has 2 aliphatic carbocycles. The molecular weight excluding hydrogens is 402 g/mol. The normalized spacial score (nSPS) is 32.5. The summed E-state index contributed by atoms with van der Waals surface area (Å²) in [5, 5.41) is 6.98. The van der Waals surface area contributed by atoms with E-state index in [1.807, 2.05) is 41.5 Å². The number of nitrogens with one attached hydrogen (secondary N) is 2. The molecule has 5 aliphatic heterocycles. The van der Waals surface area contributed by atoms with Crippen molar-refractivity contribution < 1.29 is 0 Å². The SMILES string of the molecule is C1CCC2(C1)CCCNC2.C1CCC2CNCC2C1.C1CN2CCC1CC2.CC.CC.CC. The molecule has 2 unspecified atom stereocenters. The van der Waals surface area contributed by atoms with Crippen molar-refractivity contribution in [3.63, 3.8) is 0 Å². The van der Waals surface area contributed by atoms with E-state index < -0.39 is 0 Å². The lowest BCUT2D eigenvalue weighted by molar-refractivity contribution is 0.111. The fourth-order valence-corrected chi connectivity index (χ4v) is 6.72. The van der Waals surface area contributed by atoms with E-state index in [0.29, 0.717) is 0 Å². The van der Waals surface area contributed by atoms with Gasteiger partial charge in [-0.25, -0.2) is 0 Å². The number of nitrogens with zero attached hydrogens (tertiary/aromatic N) is 1. The van der Waals surface area contributed by atoms with Gasteiger partial charge in [-0.15, -0.1) is 0 Å². The first-order valence-corrected chi connectivity index (χ1v) is 15.5. The van der Waals surface area contributed by atoms with Crippen LogP contribution in [0.15, 0.2) is 0 Å². The second-order valence-electron chi connectivity index (χ2n) is 10.5. The van der Waals surface area contributed by atoms with Crippen LogP contribution in [0.3, 0.4) is 0 Å². The van der Waals surface area contributed by atoms with Crippen molar-refractivity contribution in [2.45, 2.75) is 125 Å². The van der Waals surface area contributed by atoms with Crippen LogP contribution >= 0.6 is 0 Å². The van der Waals surface area contributed by atoms with Crippen LogP contribution in [0.1, 0.15) is 125 Å². The number of hydrogen-bond donors (Lipinski definition) is 2. The molecule has 2 saturated carbocycles. The van der Waals surface area contributed by atoms with E-state index in [9.17, 15) is 0 Å². The van der Waals surface area contributed by atoms with Gasteiger partial charge in [0.05, 0.1) is 0 Å². The summed E-state index contributed by atoms with van der Waals surface area (Å²) >= 11 is 0. The van der Waals surface area contributed by atoms with Gasteiger partial charge in [0, 0.05) is 6.54 Å². The molecule has 0 aromatic carbocycles. The van der Waals surface area contributed by atoms with Gasteiger partial charge >= 0.3 is 0 Å². The summed E-state index contributed by atoms with van der Waals surface area (Å²) in [6.07, 6.45) is 19.3. The third-order valence-electron chi connectivity index (χ3n) is 8.67. The molecule has 198 valence electrons. The third-order valence-corrected chi connectivity index (χ3v) is 8.67. The Morgan fingerprint density at radius 3 is 1.42 bits per heavy atom. The molecule has 1 spiro atoms. The number of fused-ring (bicyclic) bond motifs is 4. The van der Waals surface area contributed by atoms with Gasteiger partial charge in [-0.3, -0.25) is 0 Å². The first kappa shape index (κ1) is 30.9. The number of piperidine rings is 4. The van der Waals surface area contributed by atoms with E-state index >= 15 is 0 Å². The highest BCUT2D eigenvalue weighted by Gasteiger charge is 2.34. The van der Waals surface area contributed by atoms with Crippen LogP contribution in [0.2, 0.25) is 0 Å². The number of hydrogen-bond acceptors (Lipinski definition) is 3. The van der Waals surface area contributed by atoms with Gasteiger partial charge in [0.25, 0.3) is 0 Å². The van der Waals surface area contributed by atoms with E-state index in [0.717, 1.165) is 23.2 Å². The molecule has 33 heavy (non-hydrogen) atoms. The highest BCUT2D eigenvalue weighted by atomic mass is 15.1. The molecule has 2 bridgehead atoms. The third kappa shape index (κ3) is 11.0. The molecule has 0 amide bonds. The van der Waals surface area contributed by atoms with Gasteiger partial charge in [-0.2, -0.15) is 0 Å². The van der Waals surface area contributed by atoms with Gasteiger partial charge in [0.15, 0.2) is 0 Å². The van der Waals surface area contributed by atoms with Crippen molar-refractivity contribution in [1.82, 2.24) is 15.5 Å². The van der Waals surface area contributed by atoms with Crippen molar-refractivity contribution in [3.8, 4) is 0 Å². The fraction of sp³-hybridized carbons (Fsp3) is 1.00. The zero-order valence-corrected chi connectivity index (χ0v) is 23.8. The smallest absolute Gasteiger partial charge is 0.000781 e. The van der Waals surface area contributed by atoms with E-state index in [4.69, 9.17) is 0 Å². The Morgan fingerprint density at radius 1 is 0.576 bits per heavy atom. The Bertz CT molecular complexity index is 381. The van der Waals surface area contributed by atoms with Gasteiger partial charge < -0.3 is 15.5 Å². The first-order chi connectivity index (χ1) is 16.3. The largest absolute Gasteiger partial charge is 0.316 e. The molecule has 0 aromatic rings. The van der Waals surface area contributed by atoms with Crippen molar-refractivity contribution in [2.24, 2.45) is 23.2 Å². The van der Waals surface area contributed by atoms with Crippen LogP contribution in [-0.2, 0) is 0 Å². The molecule has 0 aromatic heterocycles. The maximum Gasteiger partial charge on any atom is 0.000781 e. The van der Waals surface area contributed by atoms with Gasteiger partial charge in [-0.05, 0) is 120 Å². The van der Waals surface area contributed by atoms with Crippen LogP contribution in [0.25, 0.3) is 0 Å². The van der Waals surface area contributed by atoms with Crippen molar-refractivity contribution in [2.75, 3.05) is 45.8 Å². The molecule has 7 aliphatic rings. The predicted octanol–water partition coefficient (Wildman–Crippen LogP) is 7.51. The van der Waals surface area contributed by atoms with Gasteiger partial charge in [0.1, 0.15) is 0 Å². The zero-order chi connectivity index (χ0) is 24.4. The molecule has 0 radical (unpaired) electrons. The Balaban J connectivity index is 0.000000223. The van der Waals surface area contributed by atoms with Gasteiger partial charge in [0.2, 0.25) is 0 Å². The molecule has 3 heteroatoms. The average molecular weight is 466 g/mol. The molecule has 3 nitrogen and oxygen atoms in total. The van der Waals surface area contributed by atoms with Crippen LogP contribution in [0.4, 0.5) is 0 Å². The van der Waals surface area contributed by atoms with Crippen molar-refractivity contribution in [3.05, 3.63) is 0 Å². The highest BCUT2D eigenvalue weighted by molar-refractivity contribution is 4.89. The summed E-state index contributed by atoms with van der Waals surface area (Å²) in [7, 11) is 0.